The highest BCUT2D eigenvalue weighted by Gasteiger charge is 2.64. The predicted octanol–water partition coefficient (Wildman–Crippen LogP) is 4.27. The zero-order valence-electron chi connectivity index (χ0n) is 14.6. The molecule has 4 bridgehead atoms. The molecule has 0 saturated heterocycles. The Morgan fingerprint density at radius 1 is 0.714 bits per heavy atom. The maximum atomic E-state index is 2.79. The normalized spacial score (nSPS) is 53.3. The van der Waals surface area contributed by atoms with E-state index in [1.54, 1.807) is 0 Å². The molecule has 1 heteroatoms. The molecule has 0 aromatic carbocycles. The summed E-state index contributed by atoms with van der Waals surface area (Å²) in [5.74, 6) is 0. The van der Waals surface area contributed by atoms with Gasteiger partial charge in [-0.2, -0.15) is 0 Å². The van der Waals surface area contributed by atoms with Gasteiger partial charge in [-0.15, -0.1) is 0 Å². The summed E-state index contributed by atoms with van der Waals surface area (Å²) in [7, 11) is 0. The molecule has 120 valence electrons. The predicted molar refractivity (Wildman–Crippen MR) is 88.1 cm³/mol. The highest BCUT2D eigenvalue weighted by Crippen LogP contribution is 2.73. The lowest BCUT2D eigenvalue weighted by Gasteiger charge is -2.68. The Kier molecular flexibility index (Phi) is 3.11. The molecule has 5 saturated carbocycles. The number of hydrogen-bond acceptors (Lipinski definition) is 0. The SMILES string of the molecule is CC12CC3(C)CC(C)(C1)CC(C[NH2+]C1CCCCC1)(C2)C3. The van der Waals surface area contributed by atoms with E-state index in [4.69, 9.17) is 0 Å². The number of rotatable bonds is 3. The summed E-state index contributed by atoms with van der Waals surface area (Å²) in [5.41, 5.74) is 2.68. The Labute approximate surface area is 131 Å². The Hall–Kier alpha value is -0.0400. The molecule has 0 aliphatic heterocycles. The van der Waals surface area contributed by atoms with Gasteiger partial charge in [0.1, 0.15) is 0 Å². The molecule has 5 rings (SSSR count). The van der Waals surface area contributed by atoms with Gasteiger partial charge in [0.05, 0.1) is 12.6 Å². The first kappa shape index (κ1) is 14.5. The Bertz CT molecular complexity index is 366. The van der Waals surface area contributed by atoms with Crippen molar-refractivity contribution in [2.75, 3.05) is 6.54 Å². The third kappa shape index (κ3) is 2.58. The van der Waals surface area contributed by atoms with E-state index in [0.717, 1.165) is 6.04 Å². The monoisotopic (exact) mass is 290 g/mol. The standard InChI is InChI=1S/C20H35N/c1-17-9-18(2)11-19(3,10-17)14-20(12-17,13-18)15-21-16-7-5-4-6-8-16/h16,21H,4-15H2,1-3H3/p+1. The molecular formula is C20H36N+. The van der Waals surface area contributed by atoms with Crippen LogP contribution in [0.5, 0.6) is 0 Å². The first-order valence-corrected chi connectivity index (χ1v) is 9.65. The number of nitrogens with two attached hydrogens (primary N) is 1. The van der Waals surface area contributed by atoms with Crippen molar-refractivity contribution >= 4 is 0 Å². The van der Waals surface area contributed by atoms with E-state index in [-0.39, 0.29) is 0 Å². The second-order valence-electron chi connectivity index (χ2n) is 10.8. The van der Waals surface area contributed by atoms with Crippen molar-refractivity contribution in [2.24, 2.45) is 21.7 Å². The molecule has 0 aromatic rings. The number of quaternary nitrogens is 1. The second kappa shape index (κ2) is 4.49. The van der Waals surface area contributed by atoms with Crippen molar-refractivity contribution in [1.82, 2.24) is 0 Å². The van der Waals surface area contributed by atoms with Gasteiger partial charge in [-0.05, 0) is 80.5 Å². The average Bonchev–Trinajstić information content (AvgIpc) is 2.32. The fourth-order valence-corrected chi connectivity index (χ4v) is 8.56. The molecule has 2 N–H and O–H groups in total. The maximum absolute atomic E-state index is 2.79. The second-order valence-corrected chi connectivity index (χ2v) is 10.8. The van der Waals surface area contributed by atoms with Gasteiger partial charge in [-0.25, -0.2) is 0 Å². The van der Waals surface area contributed by atoms with Gasteiger partial charge >= 0.3 is 0 Å². The van der Waals surface area contributed by atoms with Crippen LogP contribution in [0.3, 0.4) is 0 Å². The zero-order chi connectivity index (χ0) is 14.8. The van der Waals surface area contributed by atoms with Crippen LogP contribution < -0.4 is 5.32 Å². The van der Waals surface area contributed by atoms with E-state index < -0.39 is 0 Å². The topological polar surface area (TPSA) is 16.6 Å². The minimum atomic E-state index is 0.665. The van der Waals surface area contributed by atoms with Crippen molar-refractivity contribution in [3.05, 3.63) is 0 Å². The third-order valence-electron chi connectivity index (χ3n) is 7.50. The van der Waals surface area contributed by atoms with E-state index in [1.807, 2.05) is 0 Å². The largest absolute Gasteiger partial charge is 0.343 e. The average molecular weight is 291 g/mol. The van der Waals surface area contributed by atoms with Gasteiger partial charge in [-0.3, -0.25) is 0 Å². The summed E-state index contributed by atoms with van der Waals surface area (Å²) in [6, 6.07) is 0.958. The van der Waals surface area contributed by atoms with Crippen molar-refractivity contribution in [3.63, 3.8) is 0 Å². The minimum absolute atomic E-state index is 0.665. The van der Waals surface area contributed by atoms with E-state index in [2.05, 4.69) is 26.1 Å². The fraction of sp³-hybridized carbons (Fsp3) is 1.00. The zero-order valence-corrected chi connectivity index (χ0v) is 14.6. The van der Waals surface area contributed by atoms with Crippen molar-refractivity contribution in [1.29, 1.82) is 0 Å². The van der Waals surface area contributed by atoms with Crippen LogP contribution in [0.2, 0.25) is 0 Å². The van der Waals surface area contributed by atoms with Crippen LogP contribution in [-0.4, -0.2) is 12.6 Å². The molecule has 0 amide bonds. The van der Waals surface area contributed by atoms with Crippen LogP contribution in [0.1, 0.15) is 91.4 Å². The third-order valence-corrected chi connectivity index (χ3v) is 7.50. The maximum Gasteiger partial charge on any atom is 0.0859 e. The molecule has 0 unspecified atom stereocenters. The van der Waals surface area contributed by atoms with Gasteiger partial charge < -0.3 is 5.32 Å². The summed E-state index contributed by atoms with van der Waals surface area (Å²) >= 11 is 0. The number of hydrogen-bond donors (Lipinski definition) is 1. The van der Waals surface area contributed by atoms with Gasteiger partial charge in [-0.1, -0.05) is 27.2 Å². The van der Waals surface area contributed by atoms with E-state index in [0.29, 0.717) is 21.7 Å². The molecular weight excluding hydrogens is 254 g/mol. The van der Waals surface area contributed by atoms with Crippen LogP contribution in [-0.2, 0) is 0 Å². The molecule has 5 aliphatic carbocycles. The Morgan fingerprint density at radius 2 is 1.19 bits per heavy atom. The molecule has 1 nitrogen and oxygen atoms in total. The summed E-state index contributed by atoms with van der Waals surface area (Å²) in [5, 5.41) is 2.79. The van der Waals surface area contributed by atoms with E-state index >= 15 is 0 Å². The molecule has 0 spiro atoms. The van der Waals surface area contributed by atoms with Crippen LogP contribution in [0.15, 0.2) is 0 Å². The molecule has 21 heavy (non-hydrogen) atoms. The lowest BCUT2D eigenvalue weighted by Crippen LogP contribution is -2.93. The molecule has 5 aliphatic rings. The summed E-state index contributed by atoms with van der Waals surface area (Å²) < 4.78 is 0. The van der Waals surface area contributed by atoms with Gasteiger partial charge in [0.25, 0.3) is 0 Å². The first-order chi connectivity index (χ1) is 9.82. The van der Waals surface area contributed by atoms with Crippen molar-refractivity contribution < 1.29 is 5.32 Å². The highest BCUT2D eigenvalue weighted by molar-refractivity contribution is 5.13. The smallest absolute Gasteiger partial charge is 0.0859 e. The lowest BCUT2D eigenvalue weighted by molar-refractivity contribution is -0.705. The van der Waals surface area contributed by atoms with E-state index in [1.165, 1.54) is 77.2 Å². The molecule has 0 aromatic heterocycles. The lowest BCUT2D eigenvalue weighted by atomic mass is 9.36. The molecule has 5 fully saturated rings. The van der Waals surface area contributed by atoms with Crippen LogP contribution >= 0.6 is 0 Å². The first-order valence-electron chi connectivity index (χ1n) is 9.65. The fourth-order valence-electron chi connectivity index (χ4n) is 8.56. The summed E-state index contributed by atoms with van der Waals surface area (Å²) in [4.78, 5) is 0. The molecule has 0 heterocycles. The highest BCUT2D eigenvalue weighted by atomic mass is 14.9. The molecule has 0 radical (unpaired) electrons. The van der Waals surface area contributed by atoms with E-state index in [9.17, 15) is 0 Å². The quantitative estimate of drug-likeness (QED) is 0.799. The molecule has 0 atom stereocenters. The summed E-state index contributed by atoms with van der Waals surface area (Å²) in [6.45, 7) is 9.31. The van der Waals surface area contributed by atoms with Gasteiger partial charge in [0, 0.05) is 5.41 Å². The van der Waals surface area contributed by atoms with Crippen LogP contribution in [0, 0.1) is 21.7 Å². The Balaban J connectivity index is 1.51. The van der Waals surface area contributed by atoms with Crippen LogP contribution in [0.25, 0.3) is 0 Å². The van der Waals surface area contributed by atoms with Crippen molar-refractivity contribution in [3.8, 4) is 0 Å². The van der Waals surface area contributed by atoms with Crippen LogP contribution in [0.4, 0.5) is 0 Å². The van der Waals surface area contributed by atoms with Gasteiger partial charge in [0.2, 0.25) is 0 Å². The van der Waals surface area contributed by atoms with Crippen molar-refractivity contribution in [2.45, 2.75) is 97.4 Å². The Morgan fingerprint density at radius 3 is 1.67 bits per heavy atom. The minimum Gasteiger partial charge on any atom is -0.343 e. The van der Waals surface area contributed by atoms with Gasteiger partial charge in [0.15, 0.2) is 0 Å². The summed E-state index contributed by atoms with van der Waals surface area (Å²) in [6.07, 6.45) is 16.6.